The molecule has 0 aromatic heterocycles. The minimum absolute atomic E-state index is 0.0115. The van der Waals surface area contributed by atoms with Crippen LogP contribution in [-0.4, -0.2) is 20.6 Å². The van der Waals surface area contributed by atoms with Crippen molar-refractivity contribution in [1.82, 2.24) is 0 Å². The first-order valence-corrected chi connectivity index (χ1v) is 8.06. The molecule has 0 bridgehead atoms. The second-order valence-electron chi connectivity index (χ2n) is 4.17. The molecule has 6 nitrogen and oxygen atoms in total. The van der Waals surface area contributed by atoms with Crippen LogP contribution in [-0.2, 0) is 10.0 Å². The van der Waals surface area contributed by atoms with Crippen LogP contribution in [0.4, 0.5) is 11.4 Å². The van der Waals surface area contributed by atoms with Crippen molar-refractivity contribution in [3.05, 3.63) is 40.9 Å². The van der Waals surface area contributed by atoms with Crippen LogP contribution >= 0.6 is 15.9 Å². The number of phenolic OH excluding ortho intramolecular Hbond substituents is 1. The van der Waals surface area contributed by atoms with E-state index in [0.29, 0.717) is 15.9 Å². The molecule has 8 heteroatoms. The normalized spacial score (nSPS) is 11.1. The van der Waals surface area contributed by atoms with Gasteiger partial charge in [-0.15, -0.1) is 0 Å². The fourth-order valence-electron chi connectivity index (χ4n) is 1.61. The first-order valence-electron chi connectivity index (χ1n) is 5.78. The summed E-state index contributed by atoms with van der Waals surface area (Å²) in [7, 11) is -2.34. The molecule has 0 heterocycles. The van der Waals surface area contributed by atoms with Gasteiger partial charge in [-0.3, -0.25) is 4.72 Å². The van der Waals surface area contributed by atoms with E-state index in [4.69, 9.17) is 10.5 Å². The van der Waals surface area contributed by atoms with Crippen molar-refractivity contribution in [2.24, 2.45) is 0 Å². The van der Waals surface area contributed by atoms with Crippen molar-refractivity contribution in [2.45, 2.75) is 4.90 Å². The molecule has 0 aliphatic carbocycles. The molecule has 0 atom stereocenters. The first kappa shape index (κ1) is 15.5. The number of hydrogen-bond donors (Lipinski definition) is 3. The van der Waals surface area contributed by atoms with Gasteiger partial charge in [-0.05, 0) is 46.3 Å². The maximum atomic E-state index is 12.3. The molecule has 0 radical (unpaired) electrons. The van der Waals surface area contributed by atoms with Gasteiger partial charge in [0.1, 0.15) is 11.5 Å². The summed E-state index contributed by atoms with van der Waals surface area (Å²) in [5, 5.41) is 9.35. The highest BCUT2D eigenvalue weighted by Crippen LogP contribution is 2.30. The van der Waals surface area contributed by atoms with E-state index in [2.05, 4.69) is 20.7 Å². The standard InChI is InChI=1S/C13H13BrN2O4S/c1-20-8-2-4-10(14)12(6-8)16-21(18,19)9-3-5-13(17)11(15)7-9/h2-7,16-17H,15H2,1H3. The molecule has 21 heavy (non-hydrogen) atoms. The number of methoxy groups -OCH3 is 1. The smallest absolute Gasteiger partial charge is 0.262 e. The topological polar surface area (TPSA) is 102 Å². The summed E-state index contributed by atoms with van der Waals surface area (Å²) in [6.45, 7) is 0. The maximum Gasteiger partial charge on any atom is 0.262 e. The molecule has 0 saturated carbocycles. The SMILES string of the molecule is COc1ccc(Br)c(NS(=O)(=O)c2ccc(O)c(N)c2)c1. The van der Waals surface area contributed by atoms with E-state index >= 15 is 0 Å². The van der Waals surface area contributed by atoms with Crippen molar-refractivity contribution in [1.29, 1.82) is 0 Å². The third kappa shape index (κ3) is 3.40. The zero-order valence-corrected chi connectivity index (χ0v) is 13.4. The van der Waals surface area contributed by atoms with E-state index < -0.39 is 10.0 Å². The lowest BCUT2D eigenvalue weighted by atomic mass is 10.3. The minimum Gasteiger partial charge on any atom is -0.506 e. The summed E-state index contributed by atoms with van der Waals surface area (Å²) in [6, 6.07) is 8.59. The number of nitrogens with two attached hydrogens (primary N) is 1. The van der Waals surface area contributed by atoms with Crippen molar-refractivity contribution >= 4 is 37.3 Å². The van der Waals surface area contributed by atoms with Crippen LogP contribution in [0.3, 0.4) is 0 Å². The molecule has 2 aromatic carbocycles. The van der Waals surface area contributed by atoms with Crippen molar-refractivity contribution in [3.8, 4) is 11.5 Å². The van der Waals surface area contributed by atoms with Crippen LogP contribution in [0.25, 0.3) is 0 Å². The number of hydrogen-bond acceptors (Lipinski definition) is 5. The quantitative estimate of drug-likeness (QED) is 0.565. The molecule has 0 saturated heterocycles. The van der Waals surface area contributed by atoms with E-state index in [9.17, 15) is 13.5 Å². The Hall–Kier alpha value is -1.93. The maximum absolute atomic E-state index is 12.3. The first-order chi connectivity index (χ1) is 9.83. The number of halogens is 1. The monoisotopic (exact) mass is 372 g/mol. The molecule has 0 unspecified atom stereocenters. The van der Waals surface area contributed by atoms with E-state index in [1.165, 1.54) is 25.3 Å². The average molecular weight is 373 g/mol. The van der Waals surface area contributed by atoms with Gasteiger partial charge in [0.05, 0.1) is 23.4 Å². The van der Waals surface area contributed by atoms with Gasteiger partial charge in [0, 0.05) is 10.5 Å². The molecule has 112 valence electrons. The lowest BCUT2D eigenvalue weighted by molar-refractivity contribution is 0.415. The van der Waals surface area contributed by atoms with Crippen molar-refractivity contribution in [2.75, 3.05) is 17.6 Å². The molecule has 2 rings (SSSR count). The molecule has 2 aromatic rings. The van der Waals surface area contributed by atoms with Crippen molar-refractivity contribution in [3.63, 3.8) is 0 Å². The molecule has 0 fully saturated rings. The van der Waals surface area contributed by atoms with Crippen LogP contribution in [0.1, 0.15) is 0 Å². The number of benzene rings is 2. The van der Waals surface area contributed by atoms with Gasteiger partial charge in [-0.1, -0.05) is 0 Å². The predicted molar refractivity (Wildman–Crippen MR) is 84.0 cm³/mol. The largest absolute Gasteiger partial charge is 0.506 e. The highest BCUT2D eigenvalue weighted by atomic mass is 79.9. The Bertz CT molecular complexity index is 778. The van der Waals surface area contributed by atoms with Gasteiger partial charge in [0.25, 0.3) is 10.0 Å². The number of phenols is 1. The summed E-state index contributed by atoms with van der Waals surface area (Å²) in [5.74, 6) is 0.345. The molecule has 0 aliphatic heterocycles. The number of aromatic hydroxyl groups is 1. The summed E-state index contributed by atoms with van der Waals surface area (Å²) >= 11 is 3.26. The Morgan fingerprint density at radius 1 is 1.24 bits per heavy atom. The summed E-state index contributed by atoms with van der Waals surface area (Å²) in [6.07, 6.45) is 0. The number of rotatable bonds is 4. The van der Waals surface area contributed by atoms with Crippen LogP contribution < -0.4 is 15.2 Å². The second-order valence-corrected chi connectivity index (χ2v) is 6.71. The molecular formula is C13H13BrN2O4S. The zero-order chi connectivity index (χ0) is 15.6. The number of ether oxygens (including phenoxy) is 1. The Kier molecular flexibility index (Phi) is 4.29. The van der Waals surface area contributed by atoms with Gasteiger partial charge in [-0.2, -0.15) is 0 Å². The number of nitrogens with one attached hydrogen (secondary N) is 1. The fourth-order valence-corrected chi connectivity index (χ4v) is 3.20. The Labute approximate surface area is 130 Å². The van der Waals surface area contributed by atoms with E-state index in [1.54, 1.807) is 18.2 Å². The van der Waals surface area contributed by atoms with Gasteiger partial charge < -0.3 is 15.6 Å². The summed E-state index contributed by atoms with van der Waals surface area (Å²) < 4.78 is 32.7. The zero-order valence-electron chi connectivity index (χ0n) is 11.0. The minimum atomic E-state index is -3.83. The third-order valence-electron chi connectivity index (χ3n) is 2.73. The lowest BCUT2D eigenvalue weighted by Gasteiger charge is -2.12. The van der Waals surface area contributed by atoms with Gasteiger partial charge >= 0.3 is 0 Å². The van der Waals surface area contributed by atoms with Crippen LogP contribution in [0, 0.1) is 0 Å². The Morgan fingerprint density at radius 3 is 2.57 bits per heavy atom. The number of sulfonamides is 1. The fraction of sp³-hybridized carbons (Fsp3) is 0.0769. The van der Waals surface area contributed by atoms with E-state index in [1.807, 2.05) is 0 Å². The van der Waals surface area contributed by atoms with Crippen LogP contribution in [0.2, 0.25) is 0 Å². The second kappa shape index (κ2) is 5.82. The van der Waals surface area contributed by atoms with Gasteiger partial charge in [0.15, 0.2) is 0 Å². The third-order valence-corrected chi connectivity index (χ3v) is 4.78. The molecule has 4 N–H and O–H groups in total. The molecule has 0 spiro atoms. The Balaban J connectivity index is 2.39. The molecule has 0 aliphatic rings. The predicted octanol–water partition coefficient (Wildman–Crippen LogP) is 2.55. The molecule has 0 amide bonds. The van der Waals surface area contributed by atoms with Crippen molar-refractivity contribution < 1.29 is 18.3 Å². The summed E-state index contributed by atoms with van der Waals surface area (Å²) in [4.78, 5) is -0.0486. The van der Waals surface area contributed by atoms with Crippen LogP contribution in [0.5, 0.6) is 11.5 Å². The number of anilines is 2. The highest BCUT2D eigenvalue weighted by Gasteiger charge is 2.17. The number of nitrogen functional groups attached to an aromatic ring is 1. The van der Waals surface area contributed by atoms with Gasteiger partial charge in [0.2, 0.25) is 0 Å². The lowest BCUT2D eigenvalue weighted by Crippen LogP contribution is -2.13. The van der Waals surface area contributed by atoms with E-state index in [0.717, 1.165) is 0 Å². The molecular weight excluding hydrogens is 360 g/mol. The van der Waals surface area contributed by atoms with Crippen LogP contribution in [0.15, 0.2) is 45.8 Å². The van der Waals surface area contributed by atoms with E-state index in [-0.39, 0.29) is 16.3 Å². The Morgan fingerprint density at radius 2 is 1.95 bits per heavy atom. The highest BCUT2D eigenvalue weighted by molar-refractivity contribution is 9.10. The van der Waals surface area contributed by atoms with Gasteiger partial charge in [-0.25, -0.2) is 8.42 Å². The summed E-state index contributed by atoms with van der Waals surface area (Å²) in [5.41, 5.74) is 5.84. The average Bonchev–Trinajstić information content (AvgIpc) is 2.44.